The van der Waals surface area contributed by atoms with Gasteiger partial charge in [-0.1, -0.05) is 26.8 Å². The third-order valence-corrected chi connectivity index (χ3v) is 12.7. The Labute approximate surface area is 206 Å². The van der Waals surface area contributed by atoms with Gasteiger partial charge in [0.1, 0.15) is 5.75 Å². The van der Waals surface area contributed by atoms with Gasteiger partial charge in [0.25, 0.3) is 0 Å². The normalized spacial score (nSPS) is 47.2. The van der Waals surface area contributed by atoms with Crippen LogP contribution < -0.4 is 0 Å². The number of aliphatic hydroxyl groups is 1. The first-order valence-electron chi connectivity index (χ1n) is 14.9. The monoisotopic (exact) mass is 462 g/mol. The molecule has 1 aromatic carbocycles. The molecule has 6 fully saturated rings. The molecule has 0 aliphatic heterocycles. The van der Waals surface area contributed by atoms with Crippen molar-refractivity contribution >= 4 is 0 Å². The maximum atomic E-state index is 12.0. The molecule has 34 heavy (non-hydrogen) atoms. The summed E-state index contributed by atoms with van der Waals surface area (Å²) in [4.78, 5) is 0. The number of hydrogen-bond acceptors (Lipinski definition) is 2. The Kier molecular flexibility index (Phi) is 4.90. The minimum Gasteiger partial charge on any atom is -0.507 e. The van der Waals surface area contributed by atoms with E-state index in [0.29, 0.717) is 23.5 Å². The van der Waals surface area contributed by atoms with Crippen LogP contribution in [0.1, 0.15) is 132 Å². The number of aliphatic hydroxyl groups excluding tert-OH is 1. The minimum atomic E-state index is -0.0991. The maximum absolute atomic E-state index is 12.0. The van der Waals surface area contributed by atoms with E-state index in [9.17, 15) is 10.2 Å². The second-order valence-corrected chi connectivity index (χ2v) is 14.3. The van der Waals surface area contributed by atoms with Crippen LogP contribution in [0.4, 0.5) is 0 Å². The number of phenols is 1. The summed E-state index contributed by atoms with van der Waals surface area (Å²) in [5.74, 6) is 5.89. The van der Waals surface area contributed by atoms with Crippen LogP contribution in [0.15, 0.2) is 6.07 Å². The predicted octanol–water partition coefficient (Wildman–Crippen LogP) is 7.59. The molecule has 0 aromatic heterocycles. The quantitative estimate of drug-likeness (QED) is 0.486. The molecule has 4 bridgehead atoms. The molecule has 2 nitrogen and oxygen atoms in total. The first kappa shape index (κ1) is 22.2. The van der Waals surface area contributed by atoms with E-state index in [4.69, 9.17) is 0 Å². The van der Waals surface area contributed by atoms with Gasteiger partial charge in [-0.3, -0.25) is 0 Å². The third-order valence-electron chi connectivity index (χ3n) is 12.7. The average molecular weight is 463 g/mol. The zero-order valence-electron chi connectivity index (χ0n) is 21.8. The van der Waals surface area contributed by atoms with Crippen LogP contribution in [0, 0.1) is 35.0 Å². The van der Waals surface area contributed by atoms with Crippen molar-refractivity contribution in [3.8, 4) is 5.75 Å². The molecule has 7 aliphatic carbocycles. The lowest BCUT2D eigenvalue weighted by molar-refractivity contribution is -0.0229. The summed E-state index contributed by atoms with van der Waals surface area (Å²) in [6.45, 7) is 7.05. The Balaban J connectivity index is 1.36. The van der Waals surface area contributed by atoms with E-state index in [1.165, 1.54) is 80.9 Å². The molecule has 0 amide bonds. The van der Waals surface area contributed by atoms with E-state index in [1.54, 1.807) is 5.56 Å². The first-order valence-corrected chi connectivity index (χ1v) is 14.9. The SMILES string of the molecule is CCC(C)c1c(O)c(C23CC4CC(CC(C4)C2)C3)cc2c1CC[C@@H]1[C@@H]2CCC2(C)[C@@H](O)CC[C@@H]12. The Morgan fingerprint density at radius 2 is 1.68 bits per heavy atom. The summed E-state index contributed by atoms with van der Waals surface area (Å²) in [7, 11) is 0. The topological polar surface area (TPSA) is 40.5 Å². The van der Waals surface area contributed by atoms with Gasteiger partial charge >= 0.3 is 0 Å². The van der Waals surface area contributed by atoms with Gasteiger partial charge in [-0.15, -0.1) is 0 Å². The van der Waals surface area contributed by atoms with Gasteiger partial charge in [0, 0.05) is 11.1 Å². The van der Waals surface area contributed by atoms with E-state index < -0.39 is 0 Å². The summed E-state index contributed by atoms with van der Waals surface area (Å²) in [6, 6.07) is 2.59. The van der Waals surface area contributed by atoms with Crippen molar-refractivity contribution in [1.82, 2.24) is 0 Å². The van der Waals surface area contributed by atoms with Gasteiger partial charge in [-0.05, 0) is 147 Å². The fourth-order valence-electron chi connectivity index (χ4n) is 11.3. The molecular weight excluding hydrogens is 416 g/mol. The molecule has 186 valence electrons. The van der Waals surface area contributed by atoms with Crippen LogP contribution >= 0.6 is 0 Å². The number of rotatable bonds is 3. The molecule has 6 saturated carbocycles. The van der Waals surface area contributed by atoms with Crippen molar-refractivity contribution < 1.29 is 10.2 Å². The number of aromatic hydroxyl groups is 1. The van der Waals surface area contributed by atoms with Crippen molar-refractivity contribution in [3.05, 3.63) is 28.3 Å². The van der Waals surface area contributed by atoms with Gasteiger partial charge in [-0.25, -0.2) is 0 Å². The third kappa shape index (κ3) is 2.90. The molecule has 0 heterocycles. The lowest BCUT2D eigenvalue weighted by atomic mass is 9.47. The molecule has 6 atom stereocenters. The number of phenolic OH excluding ortho intramolecular Hbond substituents is 1. The molecule has 0 spiro atoms. The first-order chi connectivity index (χ1) is 16.3. The highest BCUT2D eigenvalue weighted by atomic mass is 16.3. The predicted molar refractivity (Wildman–Crippen MR) is 137 cm³/mol. The van der Waals surface area contributed by atoms with Crippen molar-refractivity contribution in [3.63, 3.8) is 0 Å². The number of benzene rings is 1. The fourth-order valence-corrected chi connectivity index (χ4v) is 11.3. The number of fused-ring (bicyclic) bond motifs is 5. The molecule has 2 unspecified atom stereocenters. The summed E-state index contributed by atoms with van der Waals surface area (Å²) < 4.78 is 0. The van der Waals surface area contributed by atoms with Gasteiger partial charge in [0.2, 0.25) is 0 Å². The van der Waals surface area contributed by atoms with Crippen LogP contribution in [0.25, 0.3) is 0 Å². The summed E-state index contributed by atoms with van der Waals surface area (Å²) in [6.07, 6.45) is 16.4. The van der Waals surface area contributed by atoms with Crippen LogP contribution in [0.5, 0.6) is 5.75 Å². The van der Waals surface area contributed by atoms with E-state index in [2.05, 4.69) is 26.8 Å². The second-order valence-electron chi connectivity index (χ2n) is 14.3. The van der Waals surface area contributed by atoms with Crippen LogP contribution in [0.3, 0.4) is 0 Å². The van der Waals surface area contributed by atoms with Crippen molar-refractivity contribution in [2.75, 3.05) is 0 Å². The fraction of sp³-hybridized carbons (Fsp3) is 0.812. The van der Waals surface area contributed by atoms with Crippen LogP contribution in [-0.2, 0) is 11.8 Å². The van der Waals surface area contributed by atoms with Gasteiger partial charge in [0.15, 0.2) is 0 Å². The van der Waals surface area contributed by atoms with E-state index in [0.717, 1.165) is 42.9 Å². The van der Waals surface area contributed by atoms with Crippen molar-refractivity contribution in [1.29, 1.82) is 0 Å². The number of hydrogen-bond donors (Lipinski definition) is 2. The molecule has 0 saturated heterocycles. The Morgan fingerprint density at radius 1 is 1.00 bits per heavy atom. The lowest BCUT2D eigenvalue weighted by Gasteiger charge is -2.57. The zero-order valence-corrected chi connectivity index (χ0v) is 21.8. The average Bonchev–Trinajstić information content (AvgIpc) is 3.11. The highest BCUT2D eigenvalue weighted by Crippen LogP contribution is 2.65. The molecule has 8 rings (SSSR count). The van der Waals surface area contributed by atoms with Crippen molar-refractivity contribution in [2.24, 2.45) is 35.0 Å². The molecule has 1 aromatic rings. The molecule has 0 radical (unpaired) electrons. The molecular formula is C32H46O2. The second kappa shape index (κ2) is 7.50. The Bertz CT molecular complexity index is 958. The Morgan fingerprint density at radius 3 is 2.32 bits per heavy atom. The van der Waals surface area contributed by atoms with E-state index in [-0.39, 0.29) is 16.9 Å². The molecule has 7 aliphatic rings. The van der Waals surface area contributed by atoms with Gasteiger partial charge in [-0.2, -0.15) is 0 Å². The van der Waals surface area contributed by atoms with Crippen LogP contribution in [-0.4, -0.2) is 16.3 Å². The smallest absolute Gasteiger partial charge is 0.123 e. The zero-order chi connectivity index (χ0) is 23.4. The van der Waals surface area contributed by atoms with Gasteiger partial charge in [0.05, 0.1) is 6.10 Å². The molecule has 2 heteroatoms. The minimum absolute atomic E-state index is 0.0991. The standard InChI is InChI=1S/C32H46O2/c1-4-18(2)29-24-6-5-23-22(9-10-31(3)26(23)7-8-28(31)33)25(24)14-27(30(29)34)32-15-19-11-20(16-32)13-21(12-19)17-32/h14,18-23,26,28,33-34H,4-13,15-17H2,1-3H3/t18?,19?,20?,21?,22-,23+,26-,28-,31?,32?/m0/s1. The summed E-state index contributed by atoms with van der Waals surface area (Å²) >= 11 is 0. The van der Waals surface area contributed by atoms with E-state index >= 15 is 0 Å². The van der Waals surface area contributed by atoms with E-state index in [1.807, 2.05) is 0 Å². The highest BCUT2D eigenvalue weighted by molar-refractivity contribution is 5.57. The Hall–Kier alpha value is -1.02. The van der Waals surface area contributed by atoms with Crippen molar-refractivity contribution in [2.45, 2.75) is 128 Å². The summed E-state index contributed by atoms with van der Waals surface area (Å²) in [5.41, 5.74) is 6.26. The highest BCUT2D eigenvalue weighted by Gasteiger charge is 2.56. The van der Waals surface area contributed by atoms with Gasteiger partial charge < -0.3 is 10.2 Å². The largest absolute Gasteiger partial charge is 0.507 e. The maximum Gasteiger partial charge on any atom is 0.123 e. The summed E-state index contributed by atoms with van der Waals surface area (Å²) in [5, 5.41) is 22.9. The molecule has 2 N–H and O–H groups in total. The van der Waals surface area contributed by atoms with Crippen LogP contribution in [0.2, 0.25) is 0 Å². The lowest BCUT2D eigenvalue weighted by Crippen LogP contribution is -2.49.